The van der Waals surface area contributed by atoms with Crippen LogP contribution in [-0.2, 0) is 12.8 Å². The van der Waals surface area contributed by atoms with E-state index in [1.807, 2.05) is 6.07 Å². The van der Waals surface area contributed by atoms with Gasteiger partial charge in [0.15, 0.2) is 0 Å². The molecule has 0 bridgehead atoms. The maximum absolute atomic E-state index is 6.11. The van der Waals surface area contributed by atoms with Crippen LogP contribution in [0.1, 0.15) is 24.7 Å². The van der Waals surface area contributed by atoms with Crippen LogP contribution >= 0.6 is 11.6 Å². The van der Waals surface area contributed by atoms with Gasteiger partial charge in [-0.1, -0.05) is 36.7 Å². The van der Waals surface area contributed by atoms with Crippen molar-refractivity contribution >= 4 is 23.1 Å². The summed E-state index contributed by atoms with van der Waals surface area (Å²) in [5.41, 5.74) is 2.61. The molecule has 98 valence electrons. The van der Waals surface area contributed by atoms with E-state index in [1.54, 1.807) is 0 Å². The van der Waals surface area contributed by atoms with Crippen molar-refractivity contribution in [2.75, 3.05) is 11.4 Å². The molecule has 0 amide bonds. The molecule has 0 radical (unpaired) electrons. The summed E-state index contributed by atoms with van der Waals surface area (Å²) in [6.45, 7) is 3.08. The molecule has 0 saturated heterocycles. The van der Waals surface area contributed by atoms with E-state index in [9.17, 15) is 0 Å². The Hall–Kier alpha value is -1.61. The van der Waals surface area contributed by atoms with E-state index >= 15 is 0 Å². The number of rotatable bonds is 3. The molecule has 1 aromatic heterocycles. The van der Waals surface area contributed by atoms with E-state index in [1.165, 1.54) is 11.3 Å². The van der Waals surface area contributed by atoms with E-state index < -0.39 is 0 Å². The van der Waals surface area contributed by atoms with Crippen LogP contribution in [0.5, 0.6) is 0 Å². The van der Waals surface area contributed by atoms with E-state index in [4.69, 9.17) is 11.6 Å². The van der Waals surface area contributed by atoms with Crippen molar-refractivity contribution in [1.82, 2.24) is 9.97 Å². The van der Waals surface area contributed by atoms with E-state index in [-0.39, 0.29) is 0 Å². The van der Waals surface area contributed by atoms with Crippen molar-refractivity contribution < 1.29 is 0 Å². The molecular formula is C15H16ClN3. The smallest absolute Gasteiger partial charge is 0.138 e. The van der Waals surface area contributed by atoms with Crippen LogP contribution in [0.15, 0.2) is 30.3 Å². The molecule has 0 N–H and O–H groups in total. The molecule has 0 unspecified atom stereocenters. The third kappa shape index (κ3) is 2.43. The van der Waals surface area contributed by atoms with Gasteiger partial charge in [0.2, 0.25) is 0 Å². The summed E-state index contributed by atoms with van der Waals surface area (Å²) in [6, 6.07) is 10.3. The minimum atomic E-state index is 0.526. The van der Waals surface area contributed by atoms with Gasteiger partial charge < -0.3 is 4.90 Å². The van der Waals surface area contributed by atoms with Crippen LogP contribution in [0, 0.1) is 0 Å². The first-order valence-electron chi connectivity index (χ1n) is 6.67. The van der Waals surface area contributed by atoms with Crippen LogP contribution in [0.2, 0.25) is 5.15 Å². The van der Waals surface area contributed by atoms with Crippen molar-refractivity contribution in [2.24, 2.45) is 0 Å². The lowest BCUT2D eigenvalue weighted by Gasteiger charge is -2.19. The van der Waals surface area contributed by atoms with Crippen LogP contribution in [0.25, 0.3) is 0 Å². The Labute approximate surface area is 118 Å². The van der Waals surface area contributed by atoms with Crippen LogP contribution in [0.3, 0.4) is 0 Å². The number of hydrogen-bond donors (Lipinski definition) is 0. The molecule has 3 rings (SSSR count). The number of benzene rings is 1. The van der Waals surface area contributed by atoms with Gasteiger partial charge in [-0.15, -0.1) is 0 Å². The predicted octanol–water partition coefficient (Wildman–Crippen LogP) is 3.78. The third-order valence-corrected chi connectivity index (χ3v) is 3.56. The SMILES string of the molecule is CCCc1nc(Cl)cc(N2CCc3ccccc32)n1. The molecule has 0 spiro atoms. The maximum atomic E-state index is 6.11. The maximum Gasteiger partial charge on any atom is 0.138 e. The Balaban J connectivity index is 1.99. The molecule has 3 nitrogen and oxygen atoms in total. The monoisotopic (exact) mass is 273 g/mol. The highest BCUT2D eigenvalue weighted by Crippen LogP contribution is 2.33. The number of aromatic nitrogens is 2. The highest BCUT2D eigenvalue weighted by atomic mass is 35.5. The van der Waals surface area contributed by atoms with Crippen molar-refractivity contribution in [3.63, 3.8) is 0 Å². The summed E-state index contributed by atoms with van der Waals surface area (Å²) in [5.74, 6) is 1.74. The summed E-state index contributed by atoms with van der Waals surface area (Å²) >= 11 is 6.11. The fraction of sp³-hybridized carbons (Fsp3) is 0.333. The van der Waals surface area contributed by atoms with Crippen molar-refractivity contribution in [2.45, 2.75) is 26.2 Å². The first-order valence-corrected chi connectivity index (χ1v) is 7.04. The summed E-state index contributed by atoms with van der Waals surface area (Å²) in [5, 5.41) is 0.526. The molecule has 2 aromatic rings. The molecule has 2 heterocycles. The summed E-state index contributed by atoms with van der Waals surface area (Å²) < 4.78 is 0. The zero-order chi connectivity index (χ0) is 13.2. The van der Waals surface area contributed by atoms with Crippen molar-refractivity contribution in [3.05, 3.63) is 46.9 Å². The van der Waals surface area contributed by atoms with Gasteiger partial charge in [-0.2, -0.15) is 0 Å². The van der Waals surface area contributed by atoms with Gasteiger partial charge in [-0.25, -0.2) is 9.97 Å². The number of fused-ring (bicyclic) bond motifs is 1. The topological polar surface area (TPSA) is 29.0 Å². The van der Waals surface area contributed by atoms with E-state index in [0.29, 0.717) is 5.15 Å². The quantitative estimate of drug-likeness (QED) is 0.797. The molecule has 0 aliphatic carbocycles. The van der Waals surface area contributed by atoms with E-state index in [2.05, 4.69) is 46.1 Å². The van der Waals surface area contributed by atoms with Crippen molar-refractivity contribution in [3.8, 4) is 0 Å². The average Bonchev–Trinajstić information content (AvgIpc) is 2.82. The molecule has 1 aliphatic heterocycles. The van der Waals surface area contributed by atoms with Gasteiger partial charge >= 0.3 is 0 Å². The fourth-order valence-electron chi connectivity index (χ4n) is 2.50. The number of anilines is 2. The summed E-state index contributed by atoms with van der Waals surface area (Å²) in [7, 11) is 0. The Morgan fingerprint density at radius 1 is 1.26 bits per heavy atom. The lowest BCUT2D eigenvalue weighted by atomic mass is 10.2. The standard InChI is InChI=1S/C15H16ClN3/c1-2-5-14-17-13(16)10-15(18-14)19-9-8-11-6-3-4-7-12(11)19/h3-4,6-7,10H,2,5,8-9H2,1H3. The highest BCUT2D eigenvalue weighted by Gasteiger charge is 2.21. The predicted molar refractivity (Wildman–Crippen MR) is 78.2 cm³/mol. The zero-order valence-corrected chi connectivity index (χ0v) is 11.7. The Kier molecular flexibility index (Phi) is 3.38. The molecule has 0 fully saturated rings. The molecule has 0 atom stereocenters. The third-order valence-electron chi connectivity index (χ3n) is 3.36. The second kappa shape index (κ2) is 5.17. The van der Waals surface area contributed by atoms with Gasteiger partial charge in [-0.05, 0) is 24.5 Å². The first-order chi connectivity index (χ1) is 9.28. The minimum Gasteiger partial charge on any atom is -0.326 e. The second-order valence-electron chi connectivity index (χ2n) is 4.75. The van der Waals surface area contributed by atoms with E-state index in [0.717, 1.165) is 37.4 Å². The van der Waals surface area contributed by atoms with Crippen LogP contribution in [-0.4, -0.2) is 16.5 Å². The average molecular weight is 274 g/mol. The Morgan fingerprint density at radius 3 is 2.95 bits per heavy atom. The largest absolute Gasteiger partial charge is 0.326 e. The number of para-hydroxylation sites is 1. The Morgan fingerprint density at radius 2 is 2.11 bits per heavy atom. The molecular weight excluding hydrogens is 258 g/mol. The highest BCUT2D eigenvalue weighted by molar-refractivity contribution is 6.29. The normalized spacial score (nSPS) is 13.7. The molecule has 4 heteroatoms. The first kappa shape index (κ1) is 12.4. The number of halogens is 1. The molecule has 1 aromatic carbocycles. The molecule has 0 saturated carbocycles. The second-order valence-corrected chi connectivity index (χ2v) is 5.13. The van der Waals surface area contributed by atoms with Gasteiger partial charge in [0.1, 0.15) is 16.8 Å². The van der Waals surface area contributed by atoms with Crippen LogP contribution in [0.4, 0.5) is 11.5 Å². The minimum absolute atomic E-state index is 0.526. The number of nitrogens with zero attached hydrogens (tertiary/aromatic N) is 3. The lowest BCUT2D eigenvalue weighted by Crippen LogP contribution is -2.16. The summed E-state index contributed by atoms with van der Waals surface area (Å²) in [4.78, 5) is 11.1. The summed E-state index contributed by atoms with van der Waals surface area (Å²) in [6.07, 6.45) is 2.94. The van der Waals surface area contributed by atoms with Gasteiger partial charge in [0, 0.05) is 24.7 Å². The van der Waals surface area contributed by atoms with Crippen LogP contribution < -0.4 is 4.90 Å². The Bertz CT molecular complexity index is 598. The van der Waals surface area contributed by atoms with Gasteiger partial charge in [0.25, 0.3) is 0 Å². The van der Waals surface area contributed by atoms with Crippen molar-refractivity contribution in [1.29, 1.82) is 0 Å². The lowest BCUT2D eigenvalue weighted by molar-refractivity contribution is 0.826. The van der Waals surface area contributed by atoms with Gasteiger partial charge in [0.05, 0.1) is 0 Å². The van der Waals surface area contributed by atoms with Gasteiger partial charge in [-0.3, -0.25) is 0 Å². The molecule has 1 aliphatic rings. The molecule has 19 heavy (non-hydrogen) atoms. The zero-order valence-electron chi connectivity index (χ0n) is 10.9. The fourth-order valence-corrected chi connectivity index (χ4v) is 2.70. The number of aryl methyl sites for hydroxylation is 1. The number of hydrogen-bond acceptors (Lipinski definition) is 3.